The molecule has 0 aliphatic carbocycles. The summed E-state index contributed by atoms with van der Waals surface area (Å²) in [4.78, 5) is 8.72. The van der Waals surface area contributed by atoms with Gasteiger partial charge in [-0.2, -0.15) is 0 Å². The fraction of sp³-hybridized carbons (Fsp3) is 0.286. The number of ether oxygens (including phenoxy) is 2. The van der Waals surface area contributed by atoms with Crippen molar-refractivity contribution in [1.82, 2.24) is 9.97 Å². The number of methoxy groups -OCH3 is 2. The molecule has 5 heteroatoms. The van der Waals surface area contributed by atoms with Crippen LogP contribution in [0.5, 0.6) is 11.5 Å². The molecule has 0 saturated heterocycles. The third-order valence-electron chi connectivity index (χ3n) is 2.80. The van der Waals surface area contributed by atoms with E-state index in [4.69, 9.17) is 15.2 Å². The summed E-state index contributed by atoms with van der Waals surface area (Å²) < 4.78 is 10.5. The molecule has 2 N–H and O–H groups in total. The molecule has 0 radical (unpaired) electrons. The monoisotopic (exact) mass is 259 g/mol. The predicted molar refractivity (Wildman–Crippen MR) is 74.4 cm³/mol. The number of nitrogens with zero attached hydrogens (tertiary/aromatic N) is 2. The molecule has 0 saturated carbocycles. The molecule has 1 aromatic heterocycles. The number of hydrogen-bond acceptors (Lipinski definition) is 5. The van der Waals surface area contributed by atoms with E-state index in [2.05, 4.69) is 9.97 Å². The Morgan fingerprint density at radius 3 is 2.42 bits per heavy atom. The molecule has 1 aromatic carbocycles. The first-order valence-electron chi connectivity index (χ1n) is 6.03. The van der Waals surface area contributed by atoms with Gasteiger partial charge in [-0.25, -0.2) is 9.97 Å². The number of anilines is 1. The first kappa shape index (κ1) is 13.1. The zero-order valence-electron chi connectivity index (χ0n) is 11.3. The van der Waals surface area contributed by atoms with Crippen molar-refractivity contribution in [3.05, 3.63) is 30.0 Å². The summed E-state index contributed by atoms with van der Waals surface area (Å²) in [7, 11) is 3.20. The molecule has 0 unspecified atom stereocenters. The summed E-state index contributed by atoms with van der Waals surface area (Å²) in [5.74, 6) is 2.38. The van der Waals surface area contributed by atoms with Gasteiger partial charge in [-0.1, -0.05) is 6.92 Å². The highest BCUT2D eigenvalue weighted by molar-refractivity contribution is 5.62. The van der Waals surface area contributed by atoms with Gasteiger partial charge in [-0.15, -0.1) is 0 Å². The standard InChI is InChI=1S/C14H17N3O2/c1-4-10-8-13(15)17-14(16-10)9-5-6-11(18-2)12(7-9)19-3/h5-8H,4H2,1-3H3,(H2,15,16,17). The zero-order valence-corrected chi connectivity index (χ0v) is 11.3. The largest absolute Gasteiger partial charge is 0.493 e. The molecule has 0 atom stereocenters. The molecule has 0 aliphatic rings. The van der Waals surface area contributed by atoms with Crippen LogP contribution in [0.4, 0.5) is 5.82 Å². The molecule has 0 fully saturated rings. The van der Waals surface area contributed by atoms with Crippen LogP contribution < -0.4 is 15.2 Å². The van der Waals surface area contributed by atoms with Crippen molar-refractivity contribution in [3.63, 3.8) is 0 Å². The highest BCUT2D eigenvalue weighted by Crippen LogP contribution is 2.31. The van der Waals surface area contributed by atoms with Crippen LogP contribution in [-0.2, 0) is 6.42 Å². The summed E-state index contributed by atoms with van der Waals surface area (Å²) in [5, 5.41) is 0. The normalized spacial score (nSPS) is 10.3. The number of aromatic nitrogens is 2. The van der Waals surface area contributed by atoms with Gasteiger partial charge in [0, 0.05) is 17.3 Å². The molecule has 5 nitrogen and oxygen atoms in total. The Labute approximate surface area is 112 Å². The number of rotatable bonds is 4. The molecular formula is C14H17N3O2. The second kappa shape index (κ2) is 5.56. The third-order valence-corrected chi connectivity index (χ3v) is 2.80. The van der Waals surface area contributed by atoms with Crippen molar-refractivity contribution >= 4 is 5.82 Å². The van der Waals surface area contributed by atoms with E-state index in [1.165, 1.54) is 0 Å². The van der Waals surface area contributed by atoms with Gasteiger partial charge in [0.05, 0.1) is 14.2 Å². The first-order valence-corrected chi connectivity index (χ1v) is 6.03. The molecule has 0 bridgehead atoms. The lowest BCUT2D eigenvalue weighted by Crippen LogP contribution is -2.00. The third kappa shape index (κ3) is 2.76. The maximum absolute atomic E-state index is 5.79. The Kier molecular flexibility index (Phi) is 3.85. The van der Waals surface area contributed by atoms with E-state index < -0.39 is 0 Å². The number of benzene rings is 1. The lowest BCUT2D eigenvalue weighted by Gasteiger charge is -2.09. The van der Waals surface area contributed by atoms with E-state index in [1.54, 1.807) is 20.3 Å². The van der Waals surface area contributed by atoms with Gasteiger partial charge in [0.1, 0.15) is 5.82 Å². The van der Waals surface area contributed by atoms with Crippen molar-refractivity contribution in [2.45, 2.75) is 13.3 Å². The van der Waals surface area contributed by atoms with Crippen molar-refractivity contribution in [2.75, 3.05) is 20.0 Å². The van der Waals surface area contributed by atoms with Gasteiger partial charge in [0.2, 0.25) is 0 Å². The minimum absolute atomic E-state index is 0.469. The summed E-state index contributed by atoms with van der Waals surface area (Å²) in [6.45, 7) is 2.03. The van der Waals surface area contributed by atoms with Crippen LogP contribution in [0.25, 0.3) is 11.4 Å². The highest BCUT2D eigenvalue weighted by Gasteiger charge is 2.09. The minimum Gasteiger partial charge on any atom is -0.493 e. The number of aryl methyl sites for hydroxylation is 1. The van der Waals surface area contributed by atoms with E-state index in [0.717, 1.165) is 17.7 Å². The molecule has 100 valence electrons. The van der Waals surface area contributed by atoms with E-state index in [0.29, 0.717) is 23.1 Å². The fourth-order valence-corrected chi connectivity index (χ4v) is 1.80. The lowest BCUT2D eigenvalue weighted by molar-refractivity contribution is 0.355. The predicted octanol–water partition coefficient (Wildman–Crippen LogP) is 2.31. The van der Waals surface area contributed by atoms with Crippen LogP contribution in [0.15, 0.2) is 24.3 Å². The summed E-state index contributed by atoms with van der Waals surface area (Å²) in [6, 6.07) is 7.33. The van der Waals surface area contributed by atoms with Gasteiger partial charge < -0.3 is 15.2 Å². The van der Waals surface area contributed by atoms with E-state index in [9.17, 15) is 0 Å². The Balaban J connectivity index is 2.49. The quantitative estimate of drug-likeness (QED) is 0.912. The number of nitrogen functional groups attached to an aromatic ring is 1. The van der Waals surface area contributed by atoms with Gasteiger partial charge >= 0.3 is 0 Å². The number of nitrogens with two attached hydrogens (primary N) is 1. The van der Waals surface area contributed by atoms with Gasteiger partial charge in [-0.3, -0.25) is 0 Å². The molecular weight excluding hydrogens is 242 g/mol. The molecule has 2 rings (SSSR count). The van der Waals surface area contributed by atoms with Gasteiger partial charge in [-0.05, 0) is 24.6 Å². The molecule has 0 spiro atoms. The number of hydrogen-bond donors (Lipinski definition) is 1. The van der Waals surface area contributed by atoms with Gasteiger partial charge in [0.25, 0.3) is 0 Å². The van der Waals surface area contributed by atoms with E-state index >= 15 is 0 Å². The Morgan fingerprint density at radius 1 is 1.05 bits per heavy atom. The van der Waals surface area contributed by atoms with Crippen molar-refractivity contribution < 1.29 is 9.47 Å². The topological polar surface area (TPSA) is 70.3 Å². The second-order valence-corrected chi connectivity index (χ2v) is 4.03. The Bertz CT molecular complexity index is 585. The molecule has 19 heavy (non-hydrogen) atoms. The molecule has 1 heterocycles. The lowest BCUT2D eigenvalue weighted by atomic mass is 10.1. The van der Waals surface area contributed by atoms with Crippen LogP contribution in [0.3, 0.4) is 0 Å². The van der Waals surface area contributed by atoms with Crippen LogP contribution >= 0.6 is 0 Å². The fourth-order valence-electron chi connectivity index (χ4n) is 1.80. The summed E-state index contributed by atoms with van der Waals surface area (Å²) in [5.41, 5.74) is 7.55. The van der Waals surface area contributed by atoms with Crippen molar-refractivity contribution in [2.24, 2.45) is 0 Å². The summed E-state index contributed by atoms with van der Waals surface area (Å²) in [6.07, 6.45) is 0.813. The Morgan fingerprint density at radius 2 is 1.79 bits per heavy atom. The SMILES string of the molecule is CCc1cc(N)nc(-c2ccc(OC)c(OC)c2)n1. The average Bonchev–Trinajstić information content (AvgIpc) is 2.45. The minimum atomic E-state index is 0.469. The molecule has 0 amide bonds. The Hall–Kier alpha value is -2.30. The maximum atomic E-state index is 5.79. The highest BCUT2D eigenvalue weighted by atomic mass is 16.5. The van der Waals surface area contributed by atoms with Crippen LogP contribution in [0, 0.1) is 0 Å². The average molecular weight is 259 g/mol. The smallest absolute Gasteiger partial charge is 0.161 e. The molecule has 0 aliphatic heterocycles. The van der Waals surface area contributed by atoms with E-state index in [-0.39, 0.29) is 0 Å². The zero-order chi connectivity index (χ0) is 13.8. The maximum Gasteiger partial charge on any atom is 0.161 e. The molecule has 2 aromatic rings. The van der Waals surface area contributed by atoms with Gasteiger partial charge in [0.15, 0.2) is 17.3 Å². The second-order valence-electron chi connectivity index (χ2n) is 4.03. The van der Waals surface area contributed by atoms with Crippen molar-refractivity contribution in [3.8, 4) is 22.9 Å². The summed E-state index contributed by atoms with van der Waals surface area (Å²) >= 11 is 0. The van der Waals surface area contributed by atoms with Crippen molar-refractivity contribution in [1.29, 1.82) is 0 Å². The van der Waals surface area contributed by atoms with E-state index in [1.807, 2.05) is 25.1 Å². The van der Waals surface area contributed by atoms with Crippen LogP contribution in [-0.4, -0.2) is 24.2 Å². The van der Waals surface area contributed by atoms with Crippen LogP contribution in [0.1, 0.15) is 12.6 Å². The first-order chi connectivity index (χ1) is 9.17. The van der Waals surface area contributed by atoms with Crippen LogP contribution in [0.2, 0.25) is 0 Å².